The summed E-state index contributed by atoms with van der Waals surface area (Å²) in [4.78, 5) is -0.0397. The van der Waals surface area contributed by atoms with Crippen LogP contribution in [0.4, 0.5) is 4.39 Å². The number of sulfone groups is 1. The Labute approximate surface area is 117 Å². The number of furan rings is 1. The molecular weight excluding hydrogens is 281 g/mol. The summed E-state index contributed by atoms with van der Waals surface area (Å²) in [5, 5.41) is 3.09. The maximum atomic E-state index is 13.1. The molecule has 1 aromatic heterocycles. The Morgan fingerprint density at radius 1 is 1.20 bits per heavy atom. The van der Waals surface area contributed by atoms with E-state index in [1.54, 1.807) is 12.1 Å². The number of halogens is 1. The molecule has 2 rings (SSSR count). The van der Waals surface area contributed by atoms with Crippen molar-refractivity contribution >= 4 is 9.84 Å². The highest BCUT2D eigenvalue weighted by Gasteiger charge is 2.18. The van der Waals surface area contributed by atoms with Crippen molar-refractivity contribution in [2.45, 2.75) is 24.1 Å². The van der Waals surface area contributed by atoms with Gasteiger partial charge >= 0.3 is 0 Å². The maximum absolute atomic E-state index is 13.1. The summed E-state index contributed by atoms with van der Waals surface area (Å²) in [5.74, 6) is 0.180. The fourth-order valence-electron chi connectivity index (χ4n) is 1.77. The van der Waals surface area contributed by atoms with Crippen LogP contribution in [0.2, 0.25) is 0 Å². The van der Waals surface area contributed by atoms with Gasteiger partial charge in [0.15, 0.2) is 9.84 Å². The molecule has 0 atom stereocenters. The van der Waals surface area contributed by atoms with E-state index in [0.717, 1.165) is 12.6 Å². The minimum atomic E-state index is -3.60. The van der Waals surface area contributed by atoms with Gasteiger partial charge in [-0.05, 0) is 36.9 Å². The van der Waals surface area contributed by atoms with Gasteiger partial charge in [0.1, 0.15) is 23.1 Å². The molecule has 0 amide bonds. The van der Waals surface area contributed by atoms with Gasteiger partial charge in [-0.25, -0.2) is 12.8 Å². The second kappa shape index (κ2) is 6.19. The lowest BCUT2D eigenvalue weighted by atomic mass is 10.4. The third-order valence-corrected chi connectivity index (χ3v) is 4.39. The molecule has 0 saturated carbocycles. The second-order valence-corrected chi connectivity index (χ2v) is 6.35. The smallest absolute Gasteiger partial charge is 0.185 e. The van der Waals surface area contributed by atoms with Gasteiger partial charge in [0.25, 0.3) is 0 Å². The number of benzene rings is 1. The first-order valence-electron chi connectivity index (χ1n) is 6.28. The summed E-state index contributed by atoms with van der Waals surface area (Å²) in [6, 6.07) is 8.34. The molecular formula is C14H16FNO3S. The van der Waals surface area contributed by atoms with Gasteiger partial charge in [-0.2, -0.15) is 0 Å². The van der Waals surface area contributed by atoms with E-state index in [9.17, 15) is 12.8 Å². The Bertz CT molecular complexity index is 679. The second-order valence-electron chi connectivity index (χ2n) is 4.36. The zero-order chi connectivity index (χ0) is 14.6. The lowest BCUT2D eigenvalue weighted by molar-refractivity contribution is 0.459. The van der Waals surface area contributed by atoms with Crippen LogP contribution in [0.25, 0.3) is 0 Å². The van der Waals surface area contributed by atoms with Gasteiger partial charge in [-0.15, -0.1) is 0 Å². The number of nitrogens with one attached hydrogen (secondary N) is 1. The van der Waals surface area contributed by atoms with Crippen LogP contribution in [0, 0.1) is 5.82 Å². The van der Waals surface area contributed by atoms with E-state index in [-0.39, 0.29) is 10.6 Å². The Balaban J connectivity index is 2.14. The van der Waals surface area contributed by atoms with Crippen molar-refractivity contribution in [3.05, 3.63) is 53.7 Å². The first-order valence-corrected chi connectivity index (χ1v) is 7.93. The Morgan fingerprint density at radius 3 is 2.65 bits per heavy atom. The van der Waals surface area contributed by atoms with Crippen LogP contribution < -0.4 is 5.32 Å². The molecule has 108 valence electrons. The molecule has 0 unspecified atom stereocenters. The predicted octanol–water partition coefficient (Wildman–Crippen LogP) is 2.50. The molecule has 0 aliphatic carbocycles. The monoisotopic (exact) mass is 297 g/mol. The summed E-state index contributed by atoms with van der Waals surface area (Å²) < 4.78 is 42.8. The maximum Gasteiger partial charge on any atom is 0.185 e. The van der Waals surface area contributed by atoms with E-state index in [1.165, 1.54) is 18.2 Å². The molecule has 1 heterocycles. The highest BCUT2D eigenvalue weighted by Crippen LogP contribution is 2.19. The predicted molar refractivity (Wildman–Crippen MR) is 73.4 cm³/mol. The molecule has 0 fully saturated rings. The van der Waals surface area contributed by atoms with Crippen LogP contribution in [0.3, 0.4) is 0 Å². The van der Waals surface area contributed by atoms with Crippen LogP contribution in [-0.4, -0.2) is 15.0 Å². The first-order chi connectivity index (χ1) is 9.51. The highest BCUT2D eigenvalue weighted by molar-refractivity contribution is 7.90. The molecule has 2 aromatic rings. The summed E-state index contributed by atoms with van der Waals surface area (Å²) >= 11 is 0. The molecule has 1 N–H and O–H groups in total. The minimum Gasteiger partial charge on any atom is -0.464 e. The molecule has 4 nitrogen and oxygen atoms in total. The lowest BCUT2D eigenvalue weighted by Gasteiger charge is -2.03. The van der Waals surface area contributed by atoms with Gasteiger partial charge in [-0.1, -0.05) is 13.0 Å². The van der Waals surface area contributed by atoms with Crippen molar-refractivity contribution < 1.29 is 17.2 Å². The van der Waals surface area contributed by atoms with E-state index in [1.807, 2.05) is 6.92 Å². The lowest BCUT2D eigenvalue weighted by Crippen LogP contribution is -2.10. The summed E-state index contributed by atoms with van der Waals surface area (Å²) in [7, 11) is -3.60. The zero-order valence-electron chi connectivity index (χ0n) is 11.1. The van der Waals surface area contributed by atoms with Gasteiger partial charge in [0.05, 0.1) is 11.4 Å². The van der Waals surface area contributed by atoms with E-state index in [4.69, 9.17) is 4.42 Å². The summed E-state index contributed by atoms with van der Waals surface area (Å²) in [6.45, 7) is 3.33. The summed E-state index contributed by atoms with van der Waals surface area (Å²) in [5.41, 5.74) is 0. The standard InChI is InChI=1S/C14H16FNO3S/c1-2-16-9-12-6-7-13(19-12)10-20(17,18)14-5-3-4-11(15)8-14/h3-8,16H,2,9-10H2,1H3. The summed E-state index contributed by atoms with van der Waals surface area (Å²) in [6.07, 6.45) is 0. The van der Waals surface area contributed by atoms with Gasteiger partial charge in [0.2, 0.25) is 0 Å². The molecule has 0 spiro atoms. The van der Waals surface area contributed by atoms with Crippen LogP contribution in [0.1, 0.15) is 18.4 Å². The van der Waals surface area contributed by atoms with E-state index >= 15 is 0 Å². The largest absolute Gasteiger partial charge is 0.464 e. The number of hydrogen-bond acceptors (Lipinski definition) is 4. The molecule has 0 bridgehead atoms. The van der Waals surface area contributed by atoms with E-state index < -0.39 is 15.7 Å². The fourth-order valence-corrected chi connectivity index (χ4v) is 3.05. The van der Waals surface area contributed by atoms with Crippen molar-refractivity contribution in [3.8, 4) is 0 Å². The SMILES string of the molecule is CCNCc1ccc(CS(=O)(=O)c2cccc(F)c2)o1. The minimum absolute atomic E-state index is 0.0397. The average Bonchev–Trinajstić information content (AvgIpc) is 2.83. The van der Waals surface area contributed by atoms with E-state index in [2.05, 4.69) is 5.32 Å². The van der Waals surface area contributed by atoms with Gasteiger partial charge in [-0.3, -0.25) is 0 Å². The average molecular weight is 297 g/mol. The van der Waals surface area contributed by atoms with Crippen LogP contribution in [0.5, 0.6) is 0 Å². The van der Waals surface area contributed by atoms with Crippen LogP contribution in [-0.2, 0) is 22.1 Å². The Morgan fingerprint density at radius 2 is 1.95 bits per heavy atom. The van der Waals surface area contributed by atoms with E-state index in [0.29, 0.717) is 18.1 Å². The first kappa shape index (κ1) is 14.7. The molecule has 0 aliphatic heterocycles. The fraction of sp³-hybridized carbons (Fsp3) is 0.286. The van der Waals surface area contributed by atoms with Crippen LogP contribution in [0.15, 0.2) is 45.7 Å². The van der Waals surface area contributed by atoms with Crippen molar-refractivity contribution in [2.75, 3.05) is 6.54 Å². The Kier molecular flexibility index (Phi) is 4.57. The highest BCUT2D eigenvalue weighted by atomic mass is 32.2. The molecule has 0 saturated heterocycles. The van der Waals surface area contributed by atoms with Crippen LogP contribution >= 0.6 is 0 Å². The van der Waals surface area contributed by atoms with Crippen molar-refractivity contribution in [1.82, 2.24) is 5.32 Å². The zero-order valence-corrected chi connectivity index (χ0v) is 11.9. The van der Waals surface area contributed by atoms with Gasteiger partial charge in [0, 0.05) is 0 Å². The molecule has 0 aliphatic rings. The normalized spacial score (nSPS) is 11.7. The molecule has 6 heteroatoms. The number of rotatable bonds is 6. The third-order valence-electron chi connectivity index (χ3n) is 2.75. The topological polar surface area (TPSA) is 59.3 Å². The Hall–Kier alpha value is -1.66. The van der Waals surface area contributed by atoms with Crippen molar-refractivity contribution in [2.24, 2.45) is 0 Å². The third kappa shape index (κ3) is 3.68. The van der Waals surface area contributed by atoms with Crippen molar-refractivity contribution in [3.63, 3.8) is 0 Å². The molecule has 1 aromatic carbocycles. The molecule has 20 heavy (non-hydrogen) atoms. The molecule has 0 radical (unpaired) electrons. The van der Waals surface area contributed by atoms with Crippen molar-refractivity contribution in [1.29, 1.82) is 0 Å². The quantitative estimate of drug-likeness (QED) is 0.890. The van der Waals surface area contributed by atoms with Gasteiger partial charge < -0.3 is 9.73 Å². The number of hydrogen-bond donors (Lipinski definition) is 1.